The number of nitriles is 1. The minimum Gasteiger partial charge on any atom is -0.456 e. The van der Waals surface area contributed by atoms with Crippen LogP contribution in [-0.2, 0) is 5.41 Å². The van der Waals surface area contributed by atoms with Gasteiger partial charge >= 0.3 is 0 Å². The first-order valence-corrected chi connectivity index (χ1v) is 19.2. The zero-order chi connectivity index (χ0) is 36.5. The summed E-state index contributed by atoms with van der Waals surface area (Å²) in [7, 11) is 0. The van der Waals surface area contributed by atoms with Crippen molar-refractivity contribution in [1.29, 1.82) is 5.26 Å². The van der Waals surface area contributed by atoms with Crippen LogP contribution in [0.15, 0.2) is 156 Å². The van der Waals surface area contributed by atoms with Gasteiger partial charge in [0, 0.05) is 32.9 Å². The van der Waals surface area contributed by atoms with E-state index in [1.165, 1.54) is 52.5 Å². The molecule has 4 nitrogen and oxygen atoms in total. The zero-order valence-electron chi connectivity index (χ0n) is 30.2. The van der Waals surface area contributed by atoms with Gasteiger partial charge in [0.1, 0.15) is 11.2 Å². The number of aromatic nitrogens is 2. The Labute approximate surface area is 319 Å². The molecule has 0 saturated heterocycles. The van der Waals surface area contributed by atoms with Crippen LogP contribution in [0.25, 0.3) is 88.9 Å². The number of furan rings is 1. The van der Waals surface area contributed by atoms with Crippen molar-refractivity contribution in [2.45, 2.75) is 37.5 Å². The van der Waals surface area contributed by atoms with E-state index in [4.69, 9.17) is 14.4 Å². The first-order chi connectivity index (χ1) is 27.1. The first kappa shape index (κ1) is 31.7. The van der Waals surface area contributed by atoms with Crippen molar-refractivity contribution >= 4 is 32.7 Å². The topological polar surface area (TPSA) is 62.7 Å². The highest BCUT2D eigenvalue weighted by Crippen LogP contribution is 2.58. The van der Waals surface area contributed by atoms with E-state index < -0.39 is 0 Å². The zero-order valence-corrected chi connectivity index (χ0v) is 30.2. The third-order valence-corrected chi connectivity index (χ3v) is 12.1. The Morgan fingerprint density at radius 2 is 1.25 bits per heavy atom. The van der Waals surface area contributed by atoms with Gasteiger partial charge in [0.15, 0.2) is 5.82 Å². The summed E-state index contributed by atoms with van der Waals surface area (Å²) in [6.07, 6.45) is 5.90. The van der Waals surface area contributed by atoms with Gasteiger partial charge in [-0.25, -0.2) is 9.97 Å². The monoisotopic (exact) mass is 705 g/mol. The molecule has 11 rings (SSSR count). The van der Waals surface area contributed by atoms with E-state index >= 15 is 0 Å². The average molecular weight is 706 g/mol. The Balaban J connectivity index is 1.08. The minimum absolute atomic E-state index is 0.0410. The second-order valence-electron chi connectivity index (χ2n) is 15.2. The van der Waals surface area contributed by atoms with Crippen LogP contribution in [0.4, 0.5) is 0 Å². The molecule has 2 aromatic heterocycles. The molecule has 0 amide bonds. The molecule has 1 saturated carbocycles. The quantitative estimate of drug-likeness (QED) is 0.183. The van der Waals surface area contributed by atoms with Crippen LogP contribution in [0.3, 0.4) is 0 Å². The van der Waals surface area contributed by atoms with Crippen LogP contribution < -0.4 is 0 Å². The Bertz CT molecular complexity index is 3050. The van der Waals surface area contributed by atoms with E-state index in [2.05, 4.69) is 133 Å². The molecule has 0 unspecified atom stereocenters. The highest BCUT2D eigenvalue weighted by atomic mass is 16.3. The number of benzene rings is 7. The molecule has 2 heterocycles. The highest BCUT2D eigenvalue weighted by Gasteiger charge is 2.44. The van der Waals surface area contributed by atoms with Gasteiger partial charge in [0.25, 0.3) is 0 Å². The summed E-state index contributed by atoms with van der Waals surface area (Å²) in [5, 5.41) is 14.4. The van der Waals surface area contributed by atoms with Gasteiger partial charge in [-0.3, -0.25) is 0 Å². The van der Waals surface area contributed by atoms with Gasteiger partial charge in [-0.05, 0) is 106 Å². The Kier molecular flexibility index (Phi) is 7.12. The van der Waals surface area contributed by atoms with Gasteiger partial charge in [0.2, 0.25) is 0 Å². The van der Waals surface area contributed by atoms with Crippen molar-refractivity contribution in [2.75, 3.05) is 0 Å². The Hall–Kier alpha value is -6.83. The van der Waals surface area contributed by atoms with Crippen LogP contribution in [0.1, 0.15) is 48.8 Å². The van der Waals surface area contributed by atoms with Crippen molar-refractivity contribution in [1.82, 2.24) is 9.97 Å². The van der Waals surface area contributed by atoms with Crippen molar-refractivity contribution < 1.29 is 4.42 Å². The lowest BCUT2D eigenvalue weighted by Gasteiger charge is -2.36. The maximum absolute atomic E-state index is 9.89. The molecule has 55 heavy (non-hydrogen) atoms. The van der Waals surface area contributed by atoms with Crippen LogP contribution >= 0.6 is 0 Å². The highest BCUT2D eigenvalue weighted by molar-refractivity contribution is 6.06. The fourth-order valence-electron chi connectivity index (χ4n) is 9.48. The van der Waals surface area contributed by atoms with Gasteiger partial charge < -0.3 is 4.42 Å². The standard InChI is InChI=1S/C51H35N3O/c52-31-32-18-22-42-44(26-32)51(24-6-1-7-25-51)43-16-9-15-39(49(42)43)35-12-8-13-36(28-35)45-30-46(37-21-23-41-40-14-4-5-17-47(40)55-48(41)29-37)54-50(53-45)38-20-19-33-10-2-3-11-34(33)27-38/h2-5,8-23,26-30H,1,6-7,24-25H2. The van der Waals surface area contributed by atoms with Crippen molar-refractivity contribution in [3.05, 3.63) is 168 Å². The van der Waals surface area contributed by atoms with Gasteiger partial charge in [-0.1, -0.05) is 122 Å². The molecule has 1 spiro atoms. The number of nitrogens with zero attached hydrogens (tertiary/aromatic N) is 3. The molecule has 7 aromatic carbocycles. The van der Waals surface area contributed by atoms with Crippen molar-refractivity contribution in [2.24, 2.45) is 0 Å². The third-order valence-electron chi connectivity index (χ3n) is 12.1. The van der Waals surface area contributed by atoms with Crippen LogP contribution in [0.5, 0.6) is 0 Å². The van der Waals surface area contributed by atoms with Gasteiger partial charge in [-0.15, -0.1) is 0 Å². The predicted molar refractivity (Wildman–Crippen MR) is 223 cm³/mol. The number of rotatable bonds is 4. The number of hydrogen-bond acceptors (Lipinski definition) is 4. The number of para-hydroxylation sites is 1. The normalized spacial score (nSPS) is 14.3. The predicted octanol–water partition coefficient (Wildman–Crippen LogP) is 13.3. The van der Waals surface area contributed by atoms with Crippen molar-refractivity contribution in [3.8, 4) is 62.2 Å². The fraction of sp³-hybridized carbons (Fsp3) is 0.118. The molecule has 260 valence electrons. The summed E-state index contributed by atoms with van der Waals surface area (Å²) >= 11 is 0. The second kappa shape index (κ2) is 12.4. The number of hydrogen-bond donors (Lipinski definition) is 0. The van der Waals surface area contributed by atoms with E-state index in [1.54, 1.807) is 0 Å². The third kappa shape index (κ3) is 5.04. The molecule has 1 fully saturated rings. The lowest BCUT2D eigenvalue weighted by Crippen LogP contribution is -2.28. The molecule has 0 bridgehead atoms. The molecule has 2 aliphatic rings. The van der Waals surface area contributed by atoms with E-state index in [0.717, 1.165) is 79.4 Å². The smallest absolute Gasteiger partial charge is 0.160 e. The number of fused-ring (bicyclic) bond motifs is 9. The lowest BCUT2D eigenvalue weighted by molar-refractivity contribution is 0.353. The molecular weight excluding hydrogens is 671 g/mol. The SMILES string of the molecule is N#Cc1ccc2c(c1)C1(CCCCC1)c1cccc(-c3cccc(-c4cc(-c5ccc6c(c5)oc5ccccc56)nc(-c5ccc6ccccc6c5)n4)c3)c1-2. The maximum atomic E-state index is 9.89. The van der Waals surface area contributed by atoms with Gasteiger partial charge in [0.05, 0.1) is 23.0 Å². The van der Waals surface area contributed by atoms with E-state index in [9.17, 15) is 5.26 Å². The summed E-state index contributed by atoms with van der Waals surface area (Å²) in [5.41, 5.74) is 14.7. The summed E-state index contributed by atoms with van der Waals surface area (Å²) in [6, 6.07) is 55.9. The largest absolute Gasteiger partial charge is 0.456 e. The Morgan fingerprint density at radius 1 is 0.509 bits per heavy atom. The molecule has 0 atom stereocenters. The molecule has 2 aliphatic carbocycles. The molecule has 4 heteroatoms. The van der Waals surface area contributed by atoms with Crippen LogP contribution in [0.2, 0.25) is 0 Å². The van der Waals surface area contributed by atoms with Crippen LogP contribution in [0, 0.1) is 11.3 Å². The van der Waals surface area contributed by atoms with E-state index in [0.29, 0.717) is 5.82 Å². The summed E-state index contributed by atoms with van der Waals surface area (Å²) in [5.74, 6) is 0.676. The summed E-state index contributed by atoms with van der Waals surface area (Å²) in [6.45, 7) is 0. The average Bonchev–Trinajstić information content (AvgIpc) is 3.76. The van der Waals surface area contributed by atoms with E-state index in [1.807, 2.05) is 24.3 Å². The maximum Gasteiger partial charge on any atom is 0.160 e. The molecule has 0 N–H and O–H groups in total. The molecule has 0 radical (unpaired) electrons. The van der Waals surface area contributed by atoms with E-state index in [-0.39, 0.29) is 5.41 Å². The summed E-state index contributed by atoms with van der Waals surface area (Å²) in [4.78, 5) is 10.5. The summed E-state index contributed by atoms with van der Waals surface area (Å²) < 4.78 is 6.31. The Morgan fingerprint density at radius 3 is 2.13 bits per heavy atom. The molecule has 0 aliphatic heterocycles. The van der Waals surface area contributed by atoms with Gasteiger partial charge in [-0.2, -0.15) is 5.26 Å². The molecular formula is C51H35N3O. The van der Waals surface area contributed by atoms with Crippen molar-refractivity contribution in [3.63, 3.8) is 0 Å². The second-order valence-corrected chi connectivity index (χ2v) is 15.2. The minimum atomic E-state index is -0.0410. The first-order valence-electron chi connectivity index (χ1n) is 19.2. The van der Waals surface area contributed by atoms with Crippen LogP contribution in [-0.4, -0.2) is 9.97 Å². The lowest BCUT2D eigenvalue weighted by atomic mass is 9.67. The fourth-order valence-corrected chi connectivity index (χ4v) is 9.48. The molecule has 9 aromatic rings.